The fourth-order valence-electron chi connectivity index (χ4n) is 1.87. The van der Waals surface area contributed by atoms with Crippen LogP contribution in [0.3, 0.4) is 0 Å². The lowest BCUT2D eigenvalue weighted by Crippen LogP contribution is -2.14. The van der Waals surface area contributed by atoms with Gasteiger partial charge in [0.25, 0.3) is 0 Å². The minimum Gasteiger partial charge on any atom is -0.375 e. The second-order valence-corrected chi connectivity index (χ2v) is 4.88. The molecule has 0 unspecified atom stereocenters. The maximum absolute atomic E-state index is 5.55. The summed E-state index contributed by atoms with van der Waals surface area (Å²) in [6.45, 7) is 9.21. The van der Waals surface area contributed by atoms with Crippen LogP contribution in [0, 0.1) is 0 Å². The van der Waals surface area contributed by atoms with Crippen LogP contribution in [0.15, 0.2) is 6.20 Å². The van der Waals surface area contributed by atoms with Gasteiger partial charge in [-0.3, -0.25) is 4.68 Å². The first-order valence-corrected chi connectivity index (χ1v) is 5.22. The molecule has 0 aromatic carbocycles. The van der Waals surface area contributed by atoms with E-state index in [1.54, 1.807) is 0 Å². The normalized spacial score (nSPS) is 17.6. The van der Waals surface area contributed by atoms with Crippen molar-refractivity contribution in [3.05, 3.63) is 17.5 Å². The largest absolute Gasteiger partial charge is 0.375 e. The summed E-state index contributed by atoms with van der Waals surface area (Å²) in [7, 11) is 0. The first-order valence-electron chi connectivity index (χ1n) is 5.22. The van der Waals surface area contributed by atoms with Crippen LogP contribution in [0.4, 0.5) is 0 Å². The van der Waals surface area contributed by atoms with Crippen molar-refractivity contribution < 1.29 is 4.74 Å². The predicted molar refractivity (Wildman–Crippen MR) is 55.2 cm³/mol. The molecule has 1 aliphatic heterocycles. The van der Waals surface area contributed by atoms with Gasteiger partial charge in [-0.05, 0) is 11.8 Å². The van der Waals surface area contributed by atoms with Gasteiger partial charge in [0, 0.05) is 18.7 Å². The predicted octanol–water partition coefficient (Wildman–Crippen LogP) is 2.10. The zero-order chi connectivity index (χ0) is 10.2. The summed E-state index contributed by atoms with van der Waals surface area (Å²) < 4.78 is 7.65. The maximum atomic E-state index is 5.55. The summed E-state index contributed by atoms with van der Waals surface area (Å²) in [4.78, 5) is 0. The van der Waals surface area contributed by atoms with E-state index in [9.17, 15) is 0 Å². The lowest BCUT2D eigenvalue weighted by molar-refractivity contribution is 0.124. The summed E-state index contributed by atoms with van der Waals surface area (Å²) in [5.74, 6) is 0. The maximum Gasteiger partial charge on any atom is 0.0887 e. The lowest BCUT2D eigenvalue weighted by atomic mass is 9.87. The van der Waals surface area contributed by atoms with Gasteiger partial charge < -0.3 is 4.74 Å². The van der Waals surface area contributed by atoms with E-state index in [1.807, 2.05) is 6.20 Å². The van der Waals surface area contributed by atoms with Gasteiger partial charge in [-0.25, -0.2) is 0 Å². The molecule has 0 atom stereocenters. The van der Waals surface area contributed by atoms with Crippen molar-refractivity contribution in [1.82, 2.24) is 9.78 Å². The Morgan fingerprint density at radius 1 is 1.43 bits per heavy atom. The van der Waals surface area contributed by atoms with Crippen molar-refractivity contribution >= 4 is 0 Å². The van der Waals surface area contributed by atoms with Crippen molar-refractivity contribution in [2.75, 3.05) is 6.61 Å². The third-order valence-corrected chi connectivity index (χ3v) is 2.65. The van der Waals surface area contributed by atoms with Crippen LogP contribution in [-0.4, -0.2) is 16.4 Å². The highest BCUT2D eigenvalue weighted by Gasteiger charge is 2.23. The first-order chi connectivity index (χ1) is 6.59. The molecule has 14 heavy (non-hydrogen) atoms. The Morgan fingerprint density at radius 2 is 2.21 bits per heavy atom. The highest BCUT2D eigenvalue weighted by atomic mass is 16.5. The average Bonchev–Trinajstić information content (AvgIpc) is 2.36. The zero-order valence-electron chi connectivity index (χ0n) is 9.21. The lowest BCUT2D eigenvalue weighted by Gasteiger charge is -2.18. The molecule has 1 aromatic rings. The monoisotopic (exact) mass is 194 g/mol. The van der Waals surface area contributed by atoms with Crippen molar-refractivity contribution in [3.63, 3.8) is 0 Å². The molecule has 0 amide bonds. The van der Waals surface area contributed by atoms with E-state index in [0.717, 1.165) is 19.6 Å². The van der Waals surface area contributed by atoms with Crippen molar-refractivity contribution in [2.24, 2.45) is 0 Å². The Hall–Kier alpha value is -0.830. The molecule has 0 radical (unpaired) electrons. The molecule has 0 bridgehead atoms. The molecule has 0 aliphatic carbocycles. The van der Waals surface area contributed by atoms with E-state index in [2.05, 4.69) is 30.6 Å². The number of aryl methyl sites for hydroxylation is 1. The van der Waals surface area contributed by atoms with E-state index < -0.39 is 0 Å². The number of hydrogen-bond acceptors (Lipinski definition) is 2. The molecule has 2 heterocycles. The van der Waals surface area contributed by atoms with Gasteiger partial charge >= 0.3 is 0 Å². The molecule has 2 rings (SSSR count). The number of nitrogens with zero attached hydrogens (tertiary/aromatic N) is 2. The summed E-state index contributed by atoms with van der Waals surface area (Å²) in [5.41, 5.74) is 2.75. The Morgan fingerprint density at radius 3 is 2.93 bits per heavy atom. The van der Waals surface area contributed by atoms with Gasteiger partial charge in [-0.15, -0.1) is 0 Å². The summed E-state index contributed by atoms with van der Waals surface area (Å²) in [5, 5.41) is 4.42. The molecule has 3 heteroatoms. The van der Waals surface area contributed by atoms with Crippen LogP contribution in [0.25, 0.3) is 0 Å². The summed E-state index contributed by atoms with van der Waals surface area (Å²) in [6, 6.07) is 0. The average molecular weight is 194 g/mol. The Balaban J connectivity index is 2.39. The molecule has 0 spiro atoms. The second-order valence-electron chi connectivity index (χ2n) is 4.88. The molecule has 0 fully saturated rings. The number of ether oxygens (including phenoxy) is 1. The highest BCUT2D eigenvalue weighted by Crippen LogP contribution is 2.27. The van der Waals surface area contributed by atoms with Crippen LogP contribution < -0.4 is 0 Å². The highest BCUT2D eigenvalue weighted by molar-refractivity contribution is 5.25. The molecule has 3 nitrogen and oxygen atoms in total. The molecule has 1 aromatic heterocycles. The van der Waals surface area contributed by atoms with Gasteiger partial charge in [-0.1, -0.05) is 20.8 Å². The fourth-order valence-corrected chi connectivity index (χ4v) is 1.87. The summed E-state index contributed by atoms with van der Waals surface area (Å²) >= 11 is 0. The van der Waals surface area contributed by atoms with E-state index in [4.69, 9.17) is 4.74 Å². The van der Waals surface area contributed by atoms with E-state index in [1.165, 1.54) is 11.3 Å². The van der Waals surface area contributed by atoms with Crippen LogP contribution in [0.5, 0.6) is 0 Å². The standard InChI is InChI=1S/C11H18N2O/c1-11(2,3)9-7-12-13-5-4-6-14-8-10(9)13/h7H,4-6,8H2,1-3H3. The first kappa shape index (κ1) is 9.71. The molecule has 0 N–H and O–H groups in total. The van der Waals surface area contributed by atoms with Gasteiger partial charge in [0.05, 0.1) is 18.5 Å². The molecule has 78 valence electrons. The number of rotatable bonds is 0. The quantitative estimate of drug-likeness (QED) is 0.632. The van der Waals surface area contributed by atoms with E-state index in [-0.39, 0.29) is 5.41 Å². The minimum absolute atomic E-state index is 0.168. The van der Waals surface area contributed by atoms with Gasteiger partial charge in [0.2, 0.25) is 0 Å². The number of hydrogen-bond donors (Lipinski definition) is 0. The molecule has 1 aliphatic rings. The SMILES string of the molecule is CC(C)(C)c1cnn2c1COCCC2. The third-order valence-electron chi connectivity index (χ3n) is 2.65. The number of fused-ring (bicyclic) bond motifs is 1. The van der Waals surface area contributed by atoms with E-state index in [0.29, 0.717) is 6.61 Å². The minimum atomic E-state index is 0.168. The van der Waals surface area contributed by atoms with E-state index >= 15 is 0 Å². The summed E-state index contributed by atoms with van der Waals surface area (Å²) in [6.07, 6.45) is 3.06. The molecule has 0 saturated heterocycles. The van der Waals surface area contributed by atoms with Gasteiger partial charge in [-0.2, -0.15) is 5.10 Å². The van der Waals surface area contributed by atoms with Crippen LogP contribution >= 0.6 is 0 Å². The van der Waals surface area contributed by atoms with Crippen molar-refractivity contribution in [3.8, 4) is 0 Å². The number of aromatic nitrogens is 2. The van der Waals surface area contributed by atoms with Crippen LogP contribution in [-0.2, 0) is 23.3 Å². The molecule has 0 saturated carbocycles. The van der Waals surface area contributed by atoms with Crippen molar-refractivity contribution in [2.45, 2.75) is 45.8 Å². The topological polar surface area (TPSA) is 27.1 Å². The Kier molecular flexibility index (Phi) is 2.35. The fraction of sp³-hybridized carbons (Fsp3) is 0.727. The Bertz CT molecular complexity index is 323. The molecular formula is C11H18N2O. The Labute approximate surface area is 85.1 Å². The molecular weight excluding hydrogens is 176 g/mol. The van der Waals surface area contributed by atoms with Gasteiger partial charge in [0.1, 0.15) is 0 Å². The van der Waals surface area contributed by atoms with Crippen molar-refractivity contribution in [1.29, 1.82) is 0 Å². The van der Waals surface area contributed by atoms with Crippen LogP contribution in [0.2, 0.25) is 0 Å². The third kappa shape index (κ3) is 1.69. The smallest absolute Gasteiger partial charge is 0.0887 e. The van der Waals surface area contributed by atoms with Gasteiger partial charge in [0.15, 0.2) is 0 Å². The van der Waals surface area contributed by atoms with Crippen LogP contribution in [0.1, 0.15) is 38.4 Å². The zero-order valence-corrected chi connectivity index (χ0v) is 9.21. The second kappa shape index (κ2) is 3.39.